The number of nitrogens with one attached hydrogen (secondary N) is 1. The van der Waals surface area contributed by atoms with Crippen molar-refractivity contribution in [3.8, 4) is 11.5 Å². The first-order valence-electron chi connectivity index (χ1n) is 8.36. The highest BCUT2D eigenvalue weighted by molar-refractivity contribution is 5.94. The Labute approximate surface area is 154 Å². The molecule has 1 N–H and O–H groups in total. The number of pyridine rings is 1. The number of nitrogens with zero attached hydrogens (tertiary/aromatic N) is 4. The highest BCUT2D eigenvalue weighted by atomic mass is 16.6. The van der Waals surface area contributed by atoms with Crippen LogP contribution in [0.1, 0.15) is 5.89 Å². The molecule has 0 amide bonds. The largest absolute Gasteiger partial charge is 0.421 e. The first-order chi connectivity index (χ1) is 13.2. The topological polar surface area (TPSA) is 107 Å². The van der Waals surface area contributed by atoms with Crippen LogP contribution in [0.15, 0.2) is 65.2 Å². The number of fused-ring (bicyclic) bond motifs is 1. The Kier molecular flexibility index (Phi) is 4.44. The smallest absolute Gasteiger partial charge is 0.301 e. The Morgan fingerprint density at radius 1 is 1.04 bits per heavy atom. The summed E-state index contributed by atoms with van der Waals surface area (Å²) in [6, 6.07) is 16.3. The van der Waals surface area contributed by atoms with E-state index in [0.29, 0.717) is 41.3 Å². The number of nitro benzene ring substituents is 1. The van der Waals surface area contributed by atoms with Crippen molar-refractivity contribution in [2.75, 3.05) is 11.9 Å². The molecule has 8 nitrogen and oxygen atoms in total. The third-order valence-electron chi connectivity index (χ3n) is 4.08. The molecule has 0 atom stereocenters. The standard InChI is InChI=1S/C19H15N5O3/c25-24(26)18-14-7-4-11-20-15(14)8-9-16(18)21-12-10-17-22-23-19(27-17)13-5-2-1-3-6-13/h1-9,11,21H,10,12H2. The maximum absolute atomic E-state index is 11.5. The average molecular weight is 361 g/mol. The number of benzene rings is 2. The minimum absolute atomic E-state index is 0.0103. The van der Waals surface area contributed by atoms with Gasteiger partial charge in [0.05, 0.1) is 15.8 Å². The van der Waals surface area contributed by atoms with E-state index in [1.165, 1.54) is 0 Å². The predicted molar refractivity (Wildman–Crippen MR) is 100 cm³/mol. The molecule has 0 aliphatic carbocycles. The van der Waals surface area contributed by atoms with Crippen molar-refractivity contribution < 1.29 is 9.34 Å². The van der Waals surface area contributed by atoms with E-state index in [2.05, 4.69) is 20.5 Å². The van der Waals surface area contributed by atoms with Gasteiger partial charge >= 0.3 is 5.69 Å². The lowest BCUT2D eigenvalue weighted by Crippen LogP contribution is -2.07. The van der Waals surface area contributed by atoms with E-state index in [0.717, 1.165) is 5.56 Å². The summed E-state index contributed by atoms with van der Waals surface area (Å²) in [5.74, 6) is 0.917. The van der Waals surface area contributed by atoms with Crippen molar-refractivity contribution in [1.29, 1.82) is 0 Å². The SMILES string of the molecule is O=[N+]([O-])c1c(NCCc2nnc(-c3ccccc3)o2)ccc2ncccc12. The zero-order valence-corrected chi connectivity index (χ0v) is 14.2. The molecular weight excluding hydrogens is 346 g/mol. The average Bonchev–Trinajstić information content (AvgIpc) is 3.17. The van der Waals surface area contributed by atoms with E-state index in [1.807, 2.05) is 30.3 Å². The molecule has 134 valence electrons. The summed E-state index contributed by atoms with van der Waals surface area (Å²) in [6.07, 6.45) is 2.06. The van der Waals surface area contributed by atoms with Crippen molar-refractivity contribution in [2.45, 2.75) is 6.42 Å². The number of hydrogen-bond acceptors (Lipinski definition) is 7. The Hall–Kier alpha value is -3.81. The molecule has 0 aliphatic heterocycles. The van der Waals surface area contributed by atoms with Crippen LogP contribution in [-0.2, 0) is 6.42 Å². The predicted octanol–water partition coefficient (Wildman–Crippen LogP) is 3.85. The van der Waals surface area contributed by atoms with E-state index in [9.17, 15) is 10.1 Å². The summed E-state index contributed by atoms with van der Waals surface area (Å²) in [5.41, 5.74) is 1.88. The summed E-state index contributed by atoms with van der Waals surface area (Å²) in [5, 5.41) is 23.2. The van der Waals surface area contributed by atoms with Crippen LogP contribution in [0, 0.1) is 10.1 Å². The highest BCUT2D eigenvalue weighted by Gasteiger charge is 2.18. The minimum atomic E-state index is -0.396. The van der Waals surface area contributed by atoms with Crippen LogP contribution in [0.3, 0.4) is 0 Å². The van der Waals surface area contributed by atoms with Crippen molar-refractivity contribution >= 4 is 22.3 Å². The van der Waals surface area contributed by atoms with Crippen molar-refractivity contribution in [3.63, 3.8) is 0 Å². The lowest BCUT2D eigenvalue weighted by Gasteiger charge is -2.07. The van der Waals surface area contributed by atoms with Crippen LogP contribution >= 0.6 is 0 Å². The van der Waals surface area contributed by atoms with Crippen molar-refractivity contribution in [2.24, 2.45) is 0 Å². The number of anilines is 1. The summed E-state index contributed by atoms with van der Waals surface area (Å²) < 4.78 is 5.65. The number of aromatic nitrogens is 3. The number of nitro groups is 1. The first-order valence-corrected chi connectivity index (χ1v) is 8.36. The van der Waals surface area contributed by atoms with Gasteiger partial charge in [-0.05, 0) is 36.4 Å². The van der Waals surface area contributed by atoms with Crippen LogP contribution in [0.25, 0.3) is 22.4 Å². The van der Waals surface area contributed by atoms with Crippen LogP contribution in [-0.4, -0.2) is 26.6 Å². The fraction of sp³-hybridized carbons (Fsp3) is 0.105. The fourth-order valence-corrected chi connectivity index (χ4v) is 2.83. The Bertz CT molecular complexity index is 1090. The van der Waals surface area contributed by atoms with Crippen molar-refractivity contribution in [1.82, 2.24) is 15.2 Å². The second-order valence-electron chi connectivity index (χ2n) is 5.83. The lowest BCUT2D eigenvalue weighted by molar-refractivity contribution is -0.382. The molecule has 0 saturated heterocycles. The van der Waals surface area contributed by atoms with E-state index < -0.39 is 4.92 Å². The lowest BCUT2D eigenvalue weighted by atomic mass is 10.1. The Balaban J connectivity index is 1.49. The van der Waals surface area contributed by atoms with Gasteiger partial charge in [0.2, 0.25) is 11.8 Å². The highest BCUT2D eigenvalue weighted by Crippen LogP contribution is 2.32. The molecule has 0 spiro atoms. The fourth-order valence-electron chi connectivity index (χ4n) is 2.83. The summed E-state index contributed by atoms with van der Waals surface area (Å²) in [4.78, 5) is 15.3. The molecule has 2 aromatic heterocycles. The summed E-state index contributed by atoms with van der Waals surface area (Å²) >= 11 is 0. The van der Waals surface area contributed by atoms with Gasteiger partial charge in [-0.2, -0.15) is 0 Å². The molecule has 2 heterocycles. The molecule has 0 bridgehead atoms. The number of hydrogen-bond donors (Lipinski definition) is 1. The summed E-state index contributed by atoms with van der Waals surface area (Å²) in [6.45, 7) is 0.420. The van der Waals surface area contributed by atoms with Gasteiger partial charge in [0.25, 0.3) is 0 Å². The van der Waals surface area contributed by atoms with Gasteiger partial charge < -0.3 is 9.73 Å². The second kappa shape index (κ2) is 7.20. The molecule has 2 aromatic carbocycles. The van der Waals surface area contributed by atoms with E-state index >= 15 is 0 Å². The Morgan fingerprint density at radius 2 is 1.89 bits per heavy atom. The zero-order valence-electron chi connectivity index (χ0n) is 14.2. The third-order valence-corrected chi connectivity index (χ3v) is 4.08. The Morgan fingerprint density at radius 3 is 2.70 bits per heavy atom. The van der Waals surface area contributed by atoms with Gasteiger partial charge in [-0.3, -0.25) is 15.1 Å². The second-order valence-corrected chi connectivity index (χ2v) is 5.83. The maximum atomic E-state index is 11.5. The third kappa shape index (κ3) is 3.45. The molecule has 8 heteroatoms. The molecule has 0 radical (unpaired) electrons. The molecule has 0 aliphatic rings. The molecular formula is C19H15N5O3. The van der Waals surface area contributed by atoms with E-state index in [4.69, 9.17) is 4.42 Å². The normalized spacial score (nSPS) is 10.8. The van der Waals surface area contributed by atoms with Crippen LogP contribution in [0.2, 0.25) is 0 Å². The van der Waals surface area contributed by atoms with Crippen molar-refractivity contribution in [3.05, 3.63) is 76.8 Å². The first kappa shape index (κ1) is 16.6. The molecule has 0 fully saturated rings. The monoisotopic (exact) mass is 361 g/mol. The van der Waals surface area contributed by atoms with Gasteiger partial charge in [-0.15, -0.1) is 10.2 Å². The van der Waals surface area contributed by atoms with E-state index in [-0.39, 0.29) is 5.69 Å². The molecule has 4 rings (SSSR count). The quantitative estimate of drug-likeness (QED) is 0.410. The van der Waals surface area contributed by atoms with Gasteiger partial charge in [0, 0.05) is 24.7 Å². The molecule has 27 heavy (non-hydrogen) atoms. The van der Waals surface area contributed by atoms with Crippen LogP contribution in [0.5, 0.6) is 0 Å². The van der Waals surface area contributed by atoms with Gasteiger partial charge in [0.15, 0.2) is 0 Å². The minimum Gasteiger partial charge on any atom is -0.421 e. The molecule has 4 aromatic rings. The molecule has 0 unspecified atom stereocenters. The summed E-state index contributed by atoms with van der Waals surface area (Å²) in [7, 11) is 0. The van der Waals surface area contributed by atoms with Gasteiger partial charge in [-0.25, -0.2) is 0 Å². The molecule has 0 saturated carbocycles. The van der Waals surface area contributed by atoms with Crippen LogP contribution in [0.4, 0.5) is 11.4 Å². The van der Waals surface area contributed by atoms with Crippen LogP contribution < -0.4 is 5.32 Å². The van der Waals surface area contributed by atoms with E-state index in [1.54, 1.807) is 30.5 Å². The zero-order chi connectivity index (χ0) is 18.6. The van der Waals surface area contributed by atoms with Gasteiger partial charge in [0.1, 0.15) is 5.69 Å². The number of rotatable bonds is 6. The maximum Gasteiger partial charge on any atom is 0.301 e. The van der Waals surface area contributed by atoms with Gasteiger partial charge in [-0.1, -0.05) is 18.2 Å².